The number of esters is 2. The van der Waals surface area contributed by atoms with Crippen molar-refractivity contribution in [2.45, 2.75) is 174 Å². The van der Waals surface area contributed by atoms with Crippen LogP contribution in [0.3, 0.4) is 0 Å². The second-order valence-corrected chi connectivity index (χ2v) is 20.5. The molecule has 1 aliphatic heterocycles. The first-order valence-electron chi connectivity index (χ1n) is 21.4. The Balaban J connectivity index is 1.14. The quantitative estimate of drug-likeness (QED) is 0.132. The zero-order valence-corrected chi connectivity index (χ0v) is 36.0. The van der Waals surface area contributed by atoms with Crippen LogP contribution in [0, 0.1) is 39.4 Å². The highest BCUT2D eigenvalue weighted by Gasteiger charge is 2.68. The van der Waals surface area contributed by atoms with E-state index in [-0.39, 0.29) is 29.6 Å². The fourth-order valence-electron chi connectivity index (χ4n) is 12.9. The molecule has 5 aliphatic rings. The number of ether oxygens (including phenoxy) is 3. The van der Waals surface area contributed by atoms with Crippen LogP contribution in [0.25, 0.3) is 0 Å². The smallest absolute Gasteiger partial charge is 0.328 e. The normalized spacial score (nSPS) is 38.7. The van der Waals surface area contributed by atoms with Gasteiger partial charge in [-0.15, -0.1) is 0 Å². The fraction of sp³-hybridized carbons (Fsp3) is 0.761. The van der Waals surface area contributed by atoms with Crippen LogP contribution in [-0.4, -0.2) is 98.4 Å². The van der Waals surface area contributed by atoms with Gasteiger partial charge in [-0.1, -0.05) is 76.1 Å². The maximum absolute atomic E-state index is 13.5. The van der Waals surface area contributed by atoms with Gasteiger partial charge in [0, 0.05) is 23.2 Å². The molecule has 12 heteroatoms. The summed E-state index contributed by atoms with van der Waals surface area (Å²) in [5.41, 5.74) is -1.49. The molecule has 58 heavy (non-hydrogen) atoms. The minimum absolute atomic E-state index is 0.01000. The molecule has 1 aromatic rings. The number of allylic oxidation sites excluding steroid dienone is 1. The monoisotopic (exact) mass is 811 g/mol. The van der Waals surface area contributed by atoms with E-state index in [1.54, 1.807) is 13.8 Å². The summed E-state index contributed by atoms with van der Waals surface area (Å²) in [6.45, 7) is 15.5. The lowest BCUT2D eigenvalue weighted by molar-refractivity contribution is -0.251. The standard InChI is InChI=1S/C46H69NO11/c1-41(2)33-17-16-29-30(22-34(49)46(8)28(19-20-45(29,46)7)27-15-18-35(42(3,4)54)57-39(27)52)44(33,6)23-32(48)38(41)58-37(51)25-43(5,55)24-36(50)47-31(40(53)56-9)21-26-13-11-10-12-14-26/h10-14,27-28,31-35,38-39,48-49,52,54-55H,15-25H2,1-9H3,(H,47,50)/t27-,28-,31+,32-,33?,34+,35-,38+,39?,43?,44-,45+,46+/m1/s1. The molecule has 6 N–H and O–H groups in total. The van der Waals surface area contributed by atoms with Gasteiger partial charge in [0.25, 0.3) is 0 Å². The highest BCUT2D eigenvalue weighted by Crippen LogP contribution is 2.73. The molecule has 6 rings (SSSR count). The van der Waals surface area contributed by atoms with Gasteiger partial charge in [0.1, 0.15) is 12.1 Å². The van der Waals surface area contributed by atoms with Crippen molar-refractivity contribution < 1.29 is 54.1 Å². The number of benzene rings is 1. The number of hydrogen-bond acceptors (Lipinski definition) is 11. The summed E-state index contributed by atoms with van der Waals surface area (Å²) in [6.07, 6.45) is 0.638. The van der Waals surface area contributed by atoms with E-state index in [1.807, 2.05) is 44.2 Å². The largest absolute Gasteiger partial charge is 0.467 e. The van der Waals surface area contributed by atoms with E-state index < -0.39 is 94.9 Å². The lowest BCUT2D eigenvalue weighted by Gasteiger charge is -2.64. The van der Waals surface area contributed by atoms with Crippen molar-refractivity contribution >= 4 is 17.8 Å². The van der Waals surface area contributed by atoms with Gasteiger partial charge in [0.2, 0.25) is 5.91 Å². The van der Waals surface area contributed by atoms with Crippen molar-refractivity contribution in [2.24, 2.45) is 39.4 Å². The van der Waals surface area contributed by atoms with Gasteiger partial charge in [-0.2, -0.15) is 0 Å². The summed E-state index contributed by atoms with van der Waals surface area (Å²) in [7, 11) is 1.24. The number of amides is 1. The van der Waals surface area contributed by atoms with E-state index in [0.717, 1.165) is 31.2 Å². The summed E-state index contributed by atoms with van der Waals surface area (Å²) < 4.78 is 17.0. The molecular weight excluding hydrogens is 743 g/mol. The zero-order chi connectivity index (χ0) is 42.8. The highest BCUT2D eigenvalue weighted by molar-refractivity contribution is 5.85. The number of methoxy groups -OCH3 is 1. The molecule has 1 saturated heterocycles. The molecule has 0 spiro atoms. The predicted molar refractivity (Wildman–Crippen MR) is 216 cm³/mol. The van der Waals surface area contributed by atoms with Gasteiger partial charge in [-0.05, 0) is 100 Å². The number of carbonyl (C=O) groups excluding carboxylic acids is 3. The number of aliphatic hydroxyl groups is 5. The first-order chi connectivity index (χ1) is 26.9. The Morgan fingerprint density at radius 2 is 1.60 bits per heavy atom. The number of carbonyl (C=O) groups is 3. The average Bonchev–Trinajstić information content (AvgIpc) is 3.41. The van der Waals surface area contributed by atoms with Crippen LogP contribution in [0.4, 0.5) is 0 Å². The maximum Gasteiger partial charge on any atom is 0.328 e. The number of fused-ring (bicyclic) bond motifs is 4. The molecule has 0 radical (unpaired) electrons. The lowest BCUT2D eigenvalue weighted by Crippen LogP contribution is -2.62. The average molecular weight is 812 g/mol. The van der Waals surface area contributed by atoms with Crippen LogP contribution in [0.5, 0.6) is 0 Å². The number of aliphatic hydroxyl groups excluding tert-OH is 3. The molecule has 2 saturated carbocycles. The van der Waals surface area contributed by atoms with Crippen LogP contribution >= 0.6 is 0 Å². The van der Waals surface area contributed by atoms with Gasteiger partial charge in [-0.25, -0.2) is 4.79 Å². The molecule has 12 nitrogen and oxygen atoms in total. The number of rotatable bonds is 11. The summed E-state index contributed by atoms with van der Waals surface area (Å²) in [4.78, 5) is 39.1. The lowest BCUT2D eigenvalue weighted by atomic mass is 9.42. The number of hydrogen-bond donors (Lipinski definition) is 6. The van der Waals surface area contributed by atoms with Crippen LogP contribution in [-0.2, 0) is 35.0 Å². The molecule has 324 valence electrons. The van der Waals surface area contributed by atoms with Gasteiger partial charge < -0.3 is 45.1 Å². The van der Waals surface area contributed by atoms with Gasteiger partial charge >= 0.3 is 11.9 Å². The minimum atomic E-state index is -1.80. The third-order valence-electron chi connectivity index (χ3n) is 16.0. The molecule has 4 aliphatic carbocycles. The Morgan fingerprint density at radius 3 is 2.22 bits per heavy atom. The molecular formula is C46H69NO11. The summed E-state index contributed by atoms with van der Waals surface area (Å²) >= 11 is 0. The molecule has 3 fully saturated rings. The predicted octanol–water partition coefficient (Wildman–Crippen LogP) is 4.91. The topological polar surface area (TPSA) is 192 Å². The Hall–Kier alpha value is -2.87. The van der Waals surface area contributed by atoms with Crippen molar-refractivity contribution in [2.75, 3.05) is 7.11 Å². The van der Waals surface area contributed by atoms with Crippen molar-refractivity contribution in [3.63, 3.8) is 0 Å². The maximum atomic E-state index is 13.5. The Morgan fingerprint density at radius 1 is 0.931 bits per heavy atom. The van der Waals surface area contributed by atoms with Crippen molar-refractivity contribution in [3.05, 3.63) is 47.0 Å². The van der Waals surface area contributed by atoms with Crippen LogP contribution in [0.2, 0.25) is 0 Å². The summed E-state index contributed by atoms with van der Waals surface area (Å²) in [5, 5.41) is 60.0. The van der Waals surface area contributed by atoms with Crippen molar-refractivity contribution in [1.82, 2.24) is 5.32 Å². The van der Waals surface area contributed by atoms with Gasteiger partial charge in [0.05, 0.1) is 49.5 Å². The van der Waals surface area contributed by atoms with Crippen molar-refractivity contribution in [1.29, 1.82) is 0 Å². The molecule has 3 unspecified atom stereocenters. The van der Waals surface area contributed by atoms with E-state index in [4.69, 9.17) is 14.2 Å². The first kappa shape index (κ1) is 44.7. The minimum Gasteiger partial charge on any atom is -0.467 e. The van der Waals surface area contributed by atoms with Crippen LogP contribution in [0.15, 0.2) is 41.5 Å². The first-order valence-corrected chi connectivity index (χ1v) is 21.4. The van der Waals surface area contributed by atoms with E-state index >= 15 is 0 Å². The van der Waals surface area contributed by atoms with Crippen molar-refractivity contribution in [3.8, 4) is 0 Å². The Kier molecular flexibility index (Phi) is 12.2. The molecule has 0 aromatic heterocycles. The Bertz CT molecular complexity index is 1740. The van der Waals surface area contributed by atoms with Crippen LogP contribution < -0.4 is 5.32 Å². The molecule has 0 bridgehead atoms. The summed E-state index contributed by atoms with van der Waals surface area (Å²) in [5.74, 6) is -2.12. The highest BCUT2D eigenvalue weighted by atomic mass is 16.6. The third-order valence-corrected chi connectivity index (χ3v) is 16.0. The third kappa shape index (κ3) is 7.91. The molecule has 1 heterocycles. The molecule has 13 atom stereocenters. The van der Waals surface area contributed by atoms with E-state index in [9.17, 15) is 39.9 Å². The number of nitrogens with one attached hydrogen (secondary N) is 1. The van der Waals surface area contributed by atoms with Crippen LogP contribution in [0.1, 0.15) is 125 Å². The van der Waals surface area contributed by atoms with Gasteiger partial charge in [0.15, 0.2) is 6.29 Å². The molecule has 1 aromatic carbocycles. The van der Waals surface area contributed by atoms with Gasteiger partial charge in [-0.3, -0.25) is 9.59 Å². The second kappa shape index (κ2) is 15.9. The van der Waals surface area contributed by atoms with E-state index in [0.29, 0.717) is 25.7 Å². The SMILES string of the molecule is COC(=O)[C@H](Cc1ccccc1)NC(=O)CC(C)(O)CC(=O)O[C@H]1[C@H](O)C[C@]2(C)C3=C(CCC2C1(C)C)[C@]1(C)CC[C@H]([C@H]2CC[C@H](C(C)(C)O)OC2O)[C@@]1(C)[C@@H](O)C3. The molecule has 1 amide bonds. The second-order valence-electron chi connectivity index (χ2n) is 20.5. The zero-order valence-electron chi connectivity index (χ0n) is 36.0. The Labute approximate surface area is 344 Å². The van der Waals surface area contributed by atoms with E-state index in [2.05, 4.69) is 26.1 Å². The van der Waals surface area contributed by atoms with E-state index in [1.165, 1.54) is 25.2 Å². The fourth-order valence-corrected chi connectivity index (χ4v) is 12.9. The summed E-state index contributed by atoms with van der Waals surface area (Å²) in [6, 6.07) is 8.18.